The predicted octanol–water partition coefficient (Wildman–Crippen LogP) is -1.70. The van der Waals surface area contributed by atoms with Gasteiger partial charge in [-0.2, -0.15) is 0 Å². The molecule has 10 N–H and O–H groups in total. The lowest BCUT2D eigenvalue weighted by molar-refractivity contribution is -0.143. The number of aliphatic carboxylic acids is 1. The molecule has 4 amide bonds. The first-order chi connectivity index (χ1) is 18.5. The number of carboxylic acids is 1. The first kappa shape index (κ1) is 30.7. The summed E-state index contributed by atoms with van der Waals surface area (Å²) in [5, 5.41) is 35.6. The maximum Gasteiger partial charge on any atom is 0.326 e. The second kappa shape index (κ2) is 15.1. The molecule has 0 aliphatic rings. The Morgan fingerprint density at radius 2 is 1.28 bits per heavy atom. The van der Waals surface area contributed by atoms with Crippen LogP contribution in [0.3, 0.4) is 0 Å². The van der Waals surface area contributed by atoms with Crippen molar-refractivity contribution in [1.82, 2.24) is 16.0 Å². The van der Waals surface area contributed by atoms with Gasteiger partial charge in [0.2, 0.25) is 23.6 Å². The highest BCUT2D eigenvalue weighted by molar-refractivity contribution is 5.94. The molecule has 4 unspecified atom stereocenters. The molecule has 4 atom stereocenters. The summed E-state index contributed by atoms with van der Waals surface area (Å²) in [6.45, 7) is -0.882. The molecule has 0 saturated carbocycles. The first-order valence-electron chi connectivity index (χ1n) is 12.1. The number of hydrogen-bond acceptors (Lipinski definition) is 8. The number of phenols is 1. The van der Waals surface area contributed by atoms with Gasteiger partial charge in [0.25, 0.3) is 0 Å². The number of carbonyl (C=O) groups excluding carboxylic acids is 4. The van der Waals surface area contributed by atoms with Crippen LogP contribution in [0.15, 0.2) is 54.6 Å². The summed E-state index contributed by atoms with van der Waals surface area (Å²) in [6, 6.07) is 9.59. The van der Waals surface area contributed by atoms with Crippen LogP contribution in [0.25, 0.3) is 0 Å². The summed E-state index contributed by atoms with van der Waals surface area (Å²) in [5.74, 6) is -4.70. The second-order valence-corrected chi connectivity index (χ2v) is 8.88. The van der Waals surface area contributed by atoms with Crippen molar-refractivity contribution in [1.29, 1.82) is 0 Å². The predicted molar refractivity (Wildman–Crippen MR) is 139 cm³/mol. The van der Waals surface area contributed by atoms with Crippen molar-refractivity contribution in [2.24, 2.45) is 11.5 Å². The number of nitrogens with two attached hydrogens (primary N) is 2. The van der Waals surface area contributed by atoms with Gasteiger partial charge in [0.15, 0.2) is 0 Å². The van der Waals surface area contributed by atoms with Crippen LogP contribution in [-0.2, 0) is 36.8 Å². The minimum atomic E-state index is -1.56. The number of primary amides is 1. The summed E-state index contributed by atoms with van der Waals surface area (Å²) in [6.07, 6.45) is -0.450. The highest BCUT2D eigenvalue weighted by Crippen LogP contribution is 2.12. The number of hydrogen-bond donors (Lipinski definition) is 8. The molecule has 0 aliphatic carbocycles. The summed E-state index contributed by atoms with van der Waals surface area (Å²) in [7, 11) is 0. The van der Waals surface area contributed by atoms with E-state index in [1.807, 2.05) is 6.07 Å². The van der Waals surface area contributed by atoms with E-state index in [-0.39, 0.29) is 31.4 Å². The molecule has 2 aromatic rings. The third-order valence-corrected chi connectivity index (χ3v) is 5.75. The van der Waals surface area contributed by atoms with E-state index in [9.17, 15) is 39.3 Å². The van der Waals surface area contributed by atoms with Gasteiger partial charge in [-0.25, -0.2) is 4.79 Å². The van der Waals surface area contributed by atoms with Gasteiger partial charge >= 0.3 is 5.97 Å². The van der Waals surface area contributed by atoms with E-state index < -0.39 is 60.4 Å². The Morgan fingerprint density at radius 1 is 0.744 bits per heavy atom. The summed E-state index contributed by atoms with van der Waals surface area (Å²) in [5.41, 5.74) is 12.5. The van der Waals surface area contributed by atoms with Crippen LogP contribution in [0.1, 0.15) is 24.0 Å². The van der Waals surface area contributed by atoms with Crippen molar-refractivity contribution in [3.8, 4) is 5.75 Å². The lowest BCUT2D eigenvalue weighted by Crippen LogP contribution is -2.58. The normalized spacial score (nSPS) is 13.8. The lowest BCUT2D eigenvalue weighted by Gasteiger charge is -2.24. The van der Waals surface area contributed by atoms with Crippen molar-refractivity contribution in [2.75, 3.05) is 6.61 Å². The molecule has 0 bridgehead atoms. The van der Waals surface area contributed by atoms with Gasteiger partial charge in [0.05, 0.1) is 12.6 Å². The van der Waals surface area contributed by atoms with E-state index in [4.69, 9.17) is 11.5 Å². The third-order valence-electron chi connectivity index (χ3n) is 5.75. The molecule has 0 fully saturated rings. The van der Waals surface area contributed by atoms with Crippen molar-refractivity contribution >= 4 is 29.6 Å². The molecule has 13 heteroatoms. The average Bonchev–Trinajstić information content (AvgIpc) is 2.90. The fraction of sp³-hybridized carbons (Fsp3) is 0.346. The SMILES string of the molecule is NC(=O)CCC(NC(=O)C(CO)NC(=O)C(Cc1ccc(O)cc1)NC(=O)C(N)Cc1ccccc1)C(=O)O. The van der Waals surface area contributed by atoms with Crippen LogP contribution in [0.5, 0.6) is 5.75 Å². The zero-order valence-electron chi connectivity index (χ0n) is 21.1. The standard InChI is InChI=1S/C26H33N5O8/c27-18(12-15-4-2-1-3-5-15)23(35)30-20(13-16-6-8-17(33)9-7-16)24(36)31-21(14-32)25(37)29-19(26(38)39)10-11-22(28)34/h1-9,18-21,32-33H,10-14,27H2,(H2,28,34)(H,29,37)(H,30,35)(H,31,36)(H,38,39). The first-order valence-corrected chi connectivity index (χ1v) is 12.1. The molecule has 210 valence electrons. The highest BCUT2D eigenvalue weighted by atomic mass is 16.4. The Bertz CT molecular complexity index is 1140. The molecule has 0 aromatic heterocycles. The van der Waals surface area contributed by atoms with E-state index in [1.54, 1.807) is 24.3 Å². The maximum atomic E-state index is 13.2. The van der Waals surface area contributed by atoms with E-state index in [2.05, 4.69) is 16.0 Å². The molecule has 0 aliphatic heterocycles. The number of aliphatic hydroxyl groups excluding tert-OH is 1. The molecule has 2 aromatic carbocycles. The second-order valence-electron chi connectivity index (χ2n) is 8.88. The van der Waals surface area contributed by atoms with Gasteiger partial charge in [-0.05, 0) is 36.1 Å². The zero-order valence-corrected chi connectivity index (χ0v) is 21.1. The molecule has 0 spiro atoms. The zero-order chi connectivity index (χ0) is 28.9. The smallest absolute Gasteiger partial charge is 0.326 e. The van der Waals surface area contributed by atoms with Gasteiger partial charge in [-0.15, -0.1) is 0 Å². The Hall–Kier alpha value is -4.49. The molecule has 2 rings (SSSR count). The number of nitrogens with one attached hydrogen (secondary N) is 3. The Morgan fingerprint density at radius 3 is 1.85 bits per heavy atom. The molecule has 39 heavy (non-hydrogen) atoms. The molecular weight excluding hydrogens is 510 g/mol. The molecule has 13 nitrogen and oxygen atoms in total. The number of amides is 4. The number of carbonyl (C=O) groups is 5. The van der Waals surface area contributed by atoms with Crippen molar-refractivity contribution in [2.45, 2.75) is 49.9 Å². The van der Waals surface area contributed by atoms with Crippen LogP contribution in [-0.4, -0.2) is 75.7 Å². The highest BCUT2D eigenvalue weighted by Gasteiger charge is 2.30. The van der Waals surface area contributed by atoms with Gasteiger partial charge in [-0.1, -0.05) is 42.5 Å². The number of aliphatic hydroxyl groups is 1. The Kier molecular flexibility index (Phi) is 11.9. The van der Waals surface area contributed by atoms with Crippen molar-refractivity contribution in [3.63, 3.8) is 0 Å². The third kappa shape index (κ3) is 10.4. The quantitative estimate of drug-likeness (QED) is 0.128. The topological polar surface area (TPSA) is 234 Å². The van der Waals surface area contributed by atoms with E-state index in [0.29, 0.717) is 5.56 Å². The van der Waals surface area contributed by atoms with Gasteiger partial charge < -0.3 is 42.7 Å². The average molecular weight is 544 g/mol. The monoisotopic (exact) mass is 543 g/mol. The fourth-order valence-corrected chi connectivity index (χ4v) is 3.60. The fourth-order valence-electron chi connectivity index (χ4n) is 3.60. The van der Waals surface area contributed by atoms with Gasteiger partial charge in [0.1, 0.15) is 23.9 Å². The summed E-state index contributed by atoms with van der Waals surface area (Å²) in [4.78, 5) is 61.1. The van der Waals surface area contributed by atoms with Crippen molar-refractivity contribution < 1.29 is 39.3 Å². The maximum absolute atomic E-state index is 13.2. The van der Waals surface area contributed by atoms with Crippen LogP contribution < -0.4 is 27.4 Å². The number of carboxylic acid groups (broad SMARTS) is 1. The number of benzene rings is 2. The Balaban J connectivity index is 2.15. The summed E-state index contributed by atoms with van der Waals surface area (Å²) >= 11 is 0. The van der Waals surface area contributed by atoms with Crippen molar-refractivity contribution in [3.05, 3.63) is 65.7 Å². The van der Waals surface area contributed by atoms with Gasteiger partial charge in [-0.3, -0.25) is 19.2 Å². The minimum absolute atomic E-state index is 0.00462. The molecule has 0 radical (unpaired) electrons. The van der Waals surface area contributed by atoms with E-state index in [1.165, 1.54) is 24.3 Å². The van der Waals surface area contributed by atoms with Gasteiger partial charge in [0, 0.05) is 12.8 Å². The minimum Gasteiger partial charge on any atom is -0.508 e. The van der Waals surface area contributed by atoms with E-state index >= 15 is 0 Å². The van der Waals surface area contributed by atoms with E-state index in [0.717, 1.165) is 5.56 Å². The van der Waals surface area contributed by atoms with Crippen LogP contribution in [0.2, 0.25) is 0 Å². The molecule has 0 heterocycles. The van der Waals surface area contributed by atoms with Crippen LogP contribution in [0.4, 0.5) is 0 Å². The summed E-state index contributed by atoms with van der Waals surface area (Å²) < 4.78 is 0. The Labute approximate surface area is 224 Å². The van der Waals surface area contributed by atoms with Crippen LogP contribution >= 0.6 is 0 Å². The molecule has 0 saturated heterocycles. The molecular formula is C26H33N5O8. The number of phenolic OH excluding ortho intramolecular Hbond substituents is 1. The number of aromatic hydroxyl groups is 1. The lowest BCUT2D eigenvalue weighted by atomic mass is 10.0. The number of rotatable bonds is 15. The largest absolute Gasteiger partial charge is 0.508 e. The van der Waals surface area contributed by atoms with Crippen LogP contribution in [0, 0.1) is 0 Å².